The predicted molar refractivity (Wildman–Crippen MR) is 84.6 cm³/mol. The lowest BCUT2D eigenvalue weighted by atomic mass is 10.1. The smallest absolute Gasteiger partial charge is 0.197 e. The highest BCUT2D eigenvalue weighted by Crippen LogP contribution is 2.54. The third-order valence-electron chi connectivity index (χ3n) is 3.97. The van der Waals surface area contributed by atoms with Gasteiger partial charge in [-0.1, -0.05) is 11.6 Å². The summed E-state index contributed by atoms with van der Waals surface area (Å²) < 4.78 is 13.5. The summed E-state index contributed by atoms with van der Waals surface area (Å²) in [5.74, 6) is 1.28. The second-order valence-corrected chi connectivity index (χ2v) is 6.00. The summed E-state index contributed by atoms with van der Waals surface area (Å²) in [4.78, 5) is 16.9. The van der Waals surface area contributed by atoms with Crippen molar-refractivity contribution in [2.24, 2.45) is 0 Å². The zero-order valence-corrected chi connectivity index (χ0v) is 12.8. The first kappa shape index (κ1) is 14.2. The molecule has 1 aromatic carbocycles. The van der Waals surface area contributed by atoms with E-state index in [1.165, 1.54) is 6.07 Å². The van der Waals surface area contributed by atoms with E-state index in [0.29, 0.717) is 22.6 Å². The highest BCUT2D eigenvalue weighted by atomic mass is 35.5. The summed E-state index contributed by atoms with van der Waals surface area (Å²) in [5.41, 5.74) is 1.96. The summed E-state index contributed by atoms with van der Waals surface area (Å²) >= 11 is 5.93. The van der Waals surface area contributed by atoms with Crippen LogP contribution in [0.15, 0.2) is 49.1 Å². The van der Waals surface area contributed by atoms with E-state index in [2.05, 4.69) is 19.9 Å². The fourth-order valence-electron chi connectivity index (χ4n) is 2.78. The Hall–Kier alpha value is -2.40. The maximum atomic E-state index is 13.5. The Kier molecular flexibility index (Phi) is 3.50. The molecule has 0 radical (unpaired) electrons. The van der Waals surface area contributed by atoms with Crippen molar-refractivity contribution in [2.45, 2.75) is 18.3 Å². The van der Waals surface area contributed by atoms with Crippen LogP contribution in [0.4, 0.5) is 4.39 Å². The lowest BCUT2D eigenvalue weighted by molar-refractivity contribution is 0.625. The fourth-order valence-corrected chi connectivity index (χ4v) is 3.01. The van der Waals surface area contributed by atoms with Crippen molar-refractivity contribution in [1.29, 1.82) is 0 Å². The molecular weight excluding hydrogens is 315 g/mol. The van der Waals surface area contributed by atoms with Gasteiger partial charge in [-0.05, 0) is 53.6 Å². The molecule has 6 heteroatoms. The molecule has 0 unspecified atom stereocenters. The van der Waals surface area contributed by atoms with Crippen LogP contribution in [0.25, 0.3) is 11.6 Å². The first-order chi connectivity index (χ1) is 11.2. The Labute approximate surface area is 137 Å². The summed E-state index contributed by atoms with van der Waals surface area (Å²) in [6.45, 7) is 0. The number of aromatic nitrogens is 4. The van der Waals surface area contributed by atoms with Gasteiger partial charge in [0.2, 0.25) is 0 Å². The average Bonchev–Trinajstić information content (AvgIpc) is 3.36. The van der Waals surface area contributed by atoms with Gasteiger partial charge >= 0.3 is 0 Å². The lowest BCUT2D eigenvalue weighted by Gasteiger charge is -2.03. The number of rotatable bonds is 3. The summed E-state index contributed by atoms with van der Waals surface area (Å²) in [5, 5.41) is 0.429. The maximum absolute atomic E-state index is 13.5. The van der Waals surface area contributed by atoms with Crippen molar-refractivity contribution in [3.05, 3.63) is 71.0 Å². The van der Waals surface area contributed by atoms with Gasteiger partial charge in [0.1, 0.15) is 5.82 Å². The Morgan fingerprint density at radius 2 is 1.52 bits per heavy atom. The first-order valence-electron chi connectivity index (χ1n) is 7.26. The Balaban J connectivity index is 1.54. The molecule has 0 amide bonds. The van der Waals surface area contributed by atoms with Gasteiger partial charge < -0.3 is 0 Å². The van der Waals surface area contributed by atoms with Gasteiger partial charge in [-0.2, -0.15) is 0 Å². The maximum Gasteiger partial charge on any atom is 0.197 e. The van der Waals surface area contributed by atoms with Crippen LogP contribution in [0.1, 0.15) is 29.4 Å². The van der Waals surface area contributed by atoms with Crippen LogP contribution in [-0.4, -0.2) is 19.9 Å². The average molecular weight is 327 g/mol. The molecule has 2 aromatic heterocycles. The van der Waals surface area contributed by atoms with Crippen LogP contribution in [-0.2, 0) is 0 Å². The molecule has 0 spiro atoms. The van der Waals surface area contributed by atoms with Gasteiger partial charge in [0.15, 0.2) is 11.6 Å². The van der Waals surface area contributed by atoms with Gasteiger partial charge in [0.05, 0.1) is 0 Å². The molecule has 1 saturated carbocycles. The molecule has 1 aliphatic carbocycles. The largest absolute Gasteiger partial charge is 0.234 e. The van der Waals surface area contributed by atoms with Crippen molar-refractivity contribution in [3.63, 3.8) is 0 Å². The zero-order valence-electron chi connectivity index (χ0n) is 12.0. The quantitative estimate of drug-likeness (QED) is 0.730. The molecule has 2 atom stereocenters. The molecule has 23 heavy (non-hydrogen) atoms. The predicted octanol–water partition coefficient (Wildman–Crippen LogP) is 4.00. The first-order valence-corrected chi connectivity index (χ1v) is 7.64. The monoisotopic (exact) mass is 326 g/mol. The Morgan fingerprint density at radius 1 is 0.870 bits per heavy atom. The molecule has 1 fully saturated rings. The molecule has 2 heterocycles. The molecule has 0 N–H and O–H groups in total. The van der Waals surface area contributed by atoms with Crippen molar-refractivity contribution in [1.82, 2.24) is 19.9 Å². The van der Waals surface area contributed by atoms with Gasteiger partial charge in [0, 0.05) is 29.8 Å². The fraction of sp³-hybridized carbons (Fsp3) is 0.176. The molecular formula is C17H12ClFN4. The van der Waals surface area contributed by atoms with Gasteiger partial charge in [-0.25, -0.2) is 24.3 Å². The topological polar surface area (TPSA) is 51.6 Å². The number of benzene rings is 1. The van der Waals surface area contributed by atoms with E-state index in [9.17, 15) is 4.39 Å². The van der Waals surface area contributed by atoms with Crippen molar-refractivity contribution in [3.8, 4) is 11.6 Å². The molecule has 3 aromatic rings. The number of halogens is 2. The minimum atomic E-state index is -0.300. The molecule has 0 saturated heterocycles. The summed E-state index contributed by atoms with van der Waals surface area (Å²) in [6, 6.07) is 6.43. The van der Waals surface area contributed by atoms with E-state index in [0.717, 1.165) is 17.5 Å². The van der Waals surface area contributed by atoms with Crippen LogP contribution in [0.5, 0.6) is 0 Å². The van der Waals surface area contributed by atoms with Crippen LogP contribution in [0.3, 0.4) is 0 Å². The number of hydrogen-bond acceptors (Lipinski definition) is 4. The van der Waals surface area contributed by atoms with Gasteiger partial charge in [-0.15, -0.1) is 0 Å². The van der Waals surface area contributed by atoms with E-state index in [4.69, 9.17) is 11.6 Å². The minimum absolute atomic E-state index is 0.269. The van der Waals surface area contributed by atoms with Crippen molar-refractivity contribution >= 4 is 11.6 Å². The van der Waals surface area contributed by atoms with Crippen LogP contribution >= 0.6 is 11.6 Å². The lowest BCUT2D eigenvalue weighted by Crippen LogP contribution is -1.95. The summed E-state index contributed by atoms with van der Waals surface area (Å²) in [7, 11) is 0. The number of hydrogen-bond donors (Lipinski definition) is 0. The number of nitrogens with zero attached hydrogens (tertiary/aromatic N) is 4. The molecule has 0 bridgehead atoms. The molecule has 0 aliphatic heterocycles. The van der Waals surface area contributed by atoms with E-state index in [1.54, 1.807) is 36.9 Å². The van der Waals surface area contributed by atoms with Gasteiger partial charge in [-0.3, -0.25) is 0 Å². The van der Waals surface area contributed by atoms with Crippen LogP contribution < -0.4 is 0 Å². The molecule has 4 nitrogen and oxygen atoms in total. The molecule has 1 aliphatic rings. The highest BCUT2D eigenvalue weighted by molar-refractivity contribution is 6.30. The van der Waals surface area contributed by atoms with Crippen LogP contribution in [0.2, 0.25) is 5.02 Å². The molecule has 114 valence electrons. The van der Waals surface area contributed by atoms with Crippen LogP contribution in [0, 0.1) is 5.82 Å². The Morgan fingerprint density at radius 3 is 2.22 bits per heavy atom. The second-order valence-electron chi connectivity index (χ2n) is 5.56. The Bertz CT molecular complexity index is 819. The zero-order chi connectivity index (χ0) is 15.8. The van der Waals surface area contributed by atoms with E-state index >= 15 is 0 Å². The van der Waals surface area contributed by atoms with Gasteiger partial charge in [0.25, 0.3) is 0 Å². The summed E-state index contributed by atoms with van der Waals surface area (Å²) in [6.07, 6.45) is 7.85. The normalized spacial score (nSPS) is 19.6. The van der Waals surface area contributed by atoms with E-state index in [-0.39, 0.29) is 11.7 Å². The second kappa shape index (κ2) is 5.66. The molecule has 4 rings (SSSR count). The SMILES string of the molecule is Fc1cc(Cl)cc([C@@H]2C[C@H]2c2cnc(-c3ncccn3)nc2)c1. The highest BCUT2D eigenvalue weighted by Gasteiger charge is 2.40. The van der Waals surface area contributed by atoms with E-state index < -0.39 is 0 Å². The van der Waals surface area contributed by atoms with Crippen molar-refractivity contribution in [2.75, 3.05) is 0 Å². The standard InChI is InChI=1S/C17H12ClFN4/c18-12-4-10(5-13(19)6-12)14-7-15(14)11-8-22-17(23-9-11)16-20-2-1-3-21-16/h1-6,8-9,14-15H,7H2/t14-,15-/m0/s1. The third kappa shape index (κ3) is 2.92. The third-order valence-corrected chi connectivity index (χ3v) is 4.19. The van der Waals surface area contributed by atoms with Crippen molar-refractivity contribution < 1.29 is 4.39 Å². The minimum Gasteiger partial charge on any atom is -0.234 e. The van der Waals surface area contributed by atoms with E-state index in [1.807, 2.05) is 6.07 Å².